The Kier molecular flexibility index (Phi) is 4.59. The Morgan fingerprint density at radius 1 is 1.15 bits per heavy atom. The molecule has 140 valence electrons. The van der Waals surface area contributed by atoms with Crippen LogP contribution in [0.5, 0.6) is 0 Å². The topological polar surface area (TPSA) is 54.3 Å². The average molecular weight is 355 g/mol. The van der Waals surface area contributed by atoms with E-state index in [4.69, 9.17) is 9.97 Å². The standard InChI is InChI=1S/C20H29N5O/c1-14(2)25-13-21-19-18(25)12-17(22-20(19)24-8-4-5-9-24)16-6-10-23(11-7-16)15(3)26/h12-14,16H,4-11H2,1-3H3. The molecule has 0 saturated carbocycles. The normalized spacial score (nSPS) is 19.1. The summed E-state index contributed by atoms with van der Waals surface area (Å²) in [4.78, 5) is 25.8. The Balaban J connectivity index is 1.72. The first kappa shape index (κ1) is 17.3. The van der Waals surface area contributed by atoms with E-state index in [9.17, 15) is 4.79 Å². The van der Waals surface area contributed by atoms with E-state index < -0.39 is 0 Å². The number of likely N-dealkylation sites (tertiary alicyclic amines) is 1. The first-order chi connectivity index (χ1) is 12.5. The number of rotatable bonds is 3. The molecule has 2 fully saturated rings. The van der Waals surface area contributed by atoms with Crippen molar-refractivity contribution in [2.45, 2.75) is 58.4 Å². The smallest absolute Gasteiger partial charge is 0.219 e. The fourth-order valence-corrected chi connectivity index (χ4v) is 4.29. The van der Waals surface area contributed by atoms with Gasteiger partial charge in [0.15, 0.2) is 5.82 Å². The number of hydrogen-bond donors (Lipinski definition) is 0. The summed E-state index contributed by atoms with van der Waals surface area (Å²) >= 11 is 0. The summed E-state index contributed by atoms with van der Waals surface area (Å²) in [5.41, 5.74) is 3.40. The summed E-state index contributed by atoms with van der Waals surface area (Å²) in [6.07, 6.45) is 6.41. The van der Waals surface area contributed by atoms with Crippen molar-refractivity contribution < 1.29 is 4.79 Å². The van der Waals surface area contributed by atoms with Crippen molar-refractivity contribution in [1.82, 2.24) is 19.4 Å². The van der Waals surface area contributed by atoms with Crippen LogP contribution in [0.1, 0.15) is 64.1 Å². The maximum Gasteiger partial charge on any atom is 0.219 e. The van der Waals surface area contributed by atoms with E-state index in [1.165, 1.54) is 24.1 Å². The maximum absolute atomic E-state index is 11.6. The van der Waals surface area contributed by atoms with Crippen molar-refractivity contribution in [2.24, 2.45) is 0 Å². The molecule has 6 heteroatoms. The summed E-state index contributed by atoms with van der Waals surface area (Å²) < 4.78 is 2.25. The van der Waals surface area contributed by atoms with Crippen LogP contribution in [0.2, 0.25) is 0 Å². The fraction of sp³-hybridized carbons (Fsp3) is 0.650. The molecule has 0 aliphatic carbocycles. The molecule has 4 rings (SSSR count). The SMILES string of the molecule is CC(=O)N1CCC(c2cc3c(ncn3C(C)C)c(N3CCCC3)n2)CC1. The molecule has 2 aliphatic heterocycles. The molecule has 26 heavy (non-hydrogen) atoms. The molecule has 0 radical (unpaired) electrons. The minimum absolute atomic E-state index is 0.183. The highest BCUT2D eigenvalue weighted by Gasteiger charge is 2.26. The monoisotopic (exact) mass is 355 g/mol. The van der Waals surface area contributed by atoms with Gasteiger partial charge in [-0.2, -0.15) is 0 Å². The number of amides is 1. The number of nitrogens with zero attached hydrogens (tertiary/aromatic N) is 5. The number of imidazole rings is 1. The number of aromatic nitrogens is 3. The Bertz CT molecular complexity index is 798. The Morgan fingerprint density at radius 3 is 2.46 bits per heavy atom. The van der Waals surface area contributed by atoms with Crippen LogP contribution in [0.15, 0.2) is 12.4 Å². The lowest BCUT2D eigenvalue weighted by molar-refractivity contribution is -0.129. The third kappa shape index (κ3) is 3.06. The molecule has 6 nitrogen and oxygen atoms in total. The van der Waals surface area contributed by atoms with Gasteiger partial charge >= 0.3 is 0 Å². The summed E-state index contributed by atoms with van der Waals surface area (Å²) in [7, 11) is 0. The van der Waals surface area contributed by atoms with E-state index in [0.717, 1.165) is 50.4 Å². The lowest BCUT2D eigenvalue weighted by atomic mass is 9.92. The number of carbonyl (C=O) groups excluding carboxylic acids is 1. The fourth-order valence-electron chi connectivity index (χ4n) is 4.29. The summed E-state index contributed by atoms with van der Waals surface area (Å²) in [6.45, 7) is 9.87. The van der Waals surface area contributed by atoms with Crippen LogP contribution in [0.25, 0.3) is 11.0 Å². The van der Waals surface area contributed by atoms with Gasteiger partial charge in [0.1, 0.15) is 5.52 Å². The summed E-state index contributed by atoms with van der Waals surface area (Å²) in [6, 6.07) is 2.62. The Labute approximate surface area is 155 Å². The molecular formula is C20H29N5O. The Morgan fingerprint density at radius 2 is 1.85 bits per heavy atom. The van der Waals surface area contributed by atoms with Crippen molar-refractivity contribution in [1.29, 1.82) is 0 Å². The summed E-state index contributed by atoms with van der Waals surface area (Å²) in [5.74, 6) is 1.66. The van der Waals surface area contributed by atoms with Gasteiger partial charge in [-0.3, -0.25) is 4.79 Å². The zero-order valence-corrected chi connectivity index (χ0v) is 16.1. The van der Waals surface area contributed by atoms with E-state index in [-0.39, 0.29) is 5.91 Å². The lowest BCUT2D eigenvalue weighted by Crippen LogP contribution is -2.36. The summed E-state index contributed by atoms with van der Waals surface area (Å²) in [5, 5.41) is 0. The van der Waals surface area contributed by atoms with Crippen molar-refractivity contribution in [3.8, 4) is 0 Å². The molecule has 0 aromatic carbocycles. The van der Waals surface area contributed by atoms with Crippen LogP contribution >= 0.6 is 0 Å². The predicted molar refractivity (Wildman–Crippen MR) is 104 cm³/mol. The van der Waals surface area contributed by atoms with Crippen LogP contribution in [0.4, 0.5) is 5.82 Å². The second-order valence-electron chi connectivity index (χ2n) is 7.96. The van der Waals surface area contributed by atoms with E-state index in [1.807, 2.05) is 11.2 Å². The van der Waals surface area contributed by atoms with Gasteiger partial charge in [-0.15, -0.1) is 0 Å². The zero-order chi connectivity index (χ0) is 18.3. The van der Waals surface area contributed by atoms with Gasteiger partial charge in [-0.1, -0.05) is 0 Å². The molecule has 0 bridgehead atoms. The molecule has 2 aromatic heterocycles. The second-order valence-corrected chi connectivity index (χ2v) is 7.96. The van der Waals surface area contributed by atoms with Gasteiger partial charge in [0, 0.05) is 50.8 Å². The number of anilines is 1. The highest BCUT2D eigenvalue weighted by Crippen LogP contribution is 2.34. The first-order valence-electron chi connectivity index (χ1n) is 9.92. The third-order valence-corrected chi connectivity index (χ3v) is 5.88. The van der Waals surface area contributed by atoms with Gasteiger partial charge in [0.25, 0.3) is 0 Å². The number of piperidine rings is 1. The molecule has 2 aliphatic rings. The number of fused-ring (bicyclic) bond motifs is 1. The van der Waals surface area contributed by atoms with Crippen molar-refractivity contribution in [3.63, 3.8) is 0 Å². The molecule has 0 unspecified atom stereocenters. The van der Waals surface area contributed by atoms with Crippen molar-refractivity contribution >= 4 is 22.8 Å². The van der Waals surface area contributed by atoms with E-state index in [0.29, 0.717) is 12.0 Å². The second kappa shape index (κ2) is 6.89. The van der Waals surface area contributed by atoms with Crippen LogP contribution < -0.4 is 4.90 Å². The average Bonchev–Trinajstić information content (AvgIpc) is 3.30. The minimum Gasteiger partial charge on any atom is -0.355 e. The third-order valence-electron chi connectivity index (χ3n) is 5.88. The quantitative estimate of drug-likeness (QED) is 0.847. The number of hydrogen-bond acceptors (Lipinski definition) is 4. The zero-order valence-electron chi connectivity index (χ0n) is 16.1. The Hall–Kier alpha value is -2.11. The van der Waals surface area contributed by atoms with Crippen LogP contribution in [0, 0.1) is 0 Å². The molecule has 1 amide bonds. The van der Waals surface area contributed by atoms with Gasteiger partial charge < -0.3 is 14.4 Å². The number of carbonyl (C=O) groups is 1. The molecule has 0 spiro atoms. The van der Waals surface area contributed by atoms with Gasteiger partial charge in [0.05, 0.1) is 11.8 Å². The van der Waals surface area contributed by atoms with Gasteiger partial charge in [-0.25, -0.2) is 9.97 Å². The number of pyridine rings is 1. The van der Waals surface area contributed by atoms with E-state index in [2.05, 4.69) is 29.4 Å². The molecule has 2 aromatic rings. The molecule has 2 saturated heterocycles. The molecule has 4 heterocycles. The van der Waals surface area contributed by atoms with Gasteiger partial charge in [-0.05, 0) is 45.6 Å². The van der Waals surface area contributed by atoms with Crippen LogP contribution in [0.3, 0.4) is 0 Å². The van der Waals surface area contributed by atoms with E-state index in [1.54, 1.807) is 6.92 Å². The maximum atomic E-state index is 11.6. The molecule has 0 atom stereocenters. The highest BCUT2D eigenvalue weighted by molar-refractivity contribution is 5.87. The van der Waals surface area contributed by atoms with Crippen LogP contribution in [-0.4, -0.2) is 51.5 Å². The first-order valence-corrected chi connectivity index (χ1v) is 9.92. The van der Waals surface area contributed by atoms with E-state index >= 15 is 0 Å². The largest absolute Gasteiger partial charge is 0.355 e. The molecular weight excluding hydrogens is 326 g/mol. The predicted octanol–water partition coefficient (Wildman–Crippen LogP) is 3.34. The van der Waals surface area contributed by atoms with Gasteiger partial charge in [0.2, 0.25) is 5.91 Å². The minimum atomic E-state index is 0.183. The highest BCUT2D eigenvalue weighted by atomic mass is 16.2. The van der Waals surface area contributed by atoms with Crippen molar-refractivity contribution in [3.05, 3.63) is 18.1 Å². The lowest BCUT2D eigenvalue weighted by Gasteiger charge is -2.31. The van der Waals surface area contributed by atoms with Crippen LogP contribution in [-0.2, 0) is 4.79 Å². The molecule has 0 N–H and O–H groups in total. The van der Waals surface area contributed by atoms with Crippen molar-refractivity contribution in [2.75, 3.05) is 31.1 Å².